The van der Waals surface area contributed by atoms with Crippen molar-refractivity contribution in [2.24, 2.45) is 0 Å². The summed E-state index contributed by atoms with van der Waals surface area (Å²) in [6.45, 7) is 0. The molecular formula is C26H22Si2. The van der Waals surface area contributed by atoms with Gasteiger partial charge in [-0.25, -0.2) is 0 Å². The third kappa shape index (κ3) is 3.09. The van der Waals surface area contributed by atoms with Gasteiger partial charge in [-0.1, -0.05) is 120 Å². The fourth-order valence-electron chi connectivity index (χ4n) is 4.51. The van der Waals surface area contributed by atoms with E-state index in [1.54, 1.807) is 0 Å². The second-order valence-electron chi connectivity index (χ2n) is 7.57. The second-order valence-corrected chi connectivity index (χ2v) is 12.7. The average Bonchev–Trinajstić information content (AvgIpc) is 2.77. The first-order chi connectivity index (χ1) is 13.8. The molecule has 0 amide bonds. The fraction of sp³-hybridized carbons (Fsp3) is 0.0769. The van der Waals surface area contributed by atoms with E-state index in [0.29, 0.717) is 0 Å². The Labute approximate surface area is 170 Å². The third-order valence-corrected chi connectivity index (χ3v) is 12.0. The summed E-state index contributed by atoms with van der Waals surface area (Å²) in [5, 5.41) is 6.00. The first-order valence-corrected chi connectivity index (χ1v) is 13.3. The molecule has 4 aromatic rings. The van der Waals surface area contributed by atoms with E-state index in [2.05, 4.69) is 109 Å². The largest absolute Gasteiger partial charge is 0.152 e. The van der Waals surface area contributed by atoms with Gasteiger partial charge >= 0.3 is 0 Å². The number of rotatable bonds is 2. The Balaban J connectivity index is 1.85. The van der Waals surface area contributed by atoms with E-state index in [4.69, 9.17) is 0 Å². The molecule has 0 aliphatic carbocycles. The molecule has 0 N–H and O–H groups in total. The standard InChI is InChI=1S/C26H22Si2/c1-3-12-24(13-4-1)28(25-14-5-2-6-15-25)20-22-10-7-9-21(17-22)19-27-23-11-8-16-26(28)18-23/h1-18H,19-20H2. The van der Waals surface area contributed by atoms with Crippen LogP contribution in [-0.4, -0.2) is 17.6 Å². The van der Waals surface area contributed by atoms with Crippen molar-refractivity contribution in [1.29, 1.82) is 0 Å². The van der Waals surface area contributed by atoms with E-state index in [-0.39, 0.29) is 0 Å². The first-order valence-electron chi connectivity index (χ1n) is 9.88. The minimum absolute atomic E-state index is 0.822. The molecule has 0 unspecified atom stereocenters. The number of hydrogen-bond acceptors (Lipinski definition) is 0. The van der Waals surface area contributed by atoms with Gasteiger partial charge in [-0.3, -0.25) is 0 Å². The highest BCUT2D eigenvalue weighted by Crippen LogP contribution is 2.17. The van der Waals surface area contributed by atoms with Gasteiger partial charge in [0.15, 0.2) is 8.07 Å². The Bertz CT molecular complexity index is 1050. The Morgan fingerprint density at radius 1 is 0.536 bits per heavy atom. The van der Waals surface area contributed by atoms with Crippen LogP contribution in [0, 0.1) is 0 Å². The Morgan fingerprint density at radius 2 is 1.14 bits per heavy atom. The van der Waals surface area contributed by atoms with Gasteiger partial charge in [0, 0.05) is 0 Å². The monoisotopic (exact) mass is 390 g/mol. The summed E-state index contributed by atoms with van der Waals surface area (Å²) in [5.74, 6) is 0. The molecule has 1 aliphatic heterocycles. The minimum Gasteiger partial charge on any atom is -0.0640 e. The highest BCUT2D eigenvalue weighted by molar-refractivity contribution is 7.11. The molecular weight excluding hydrogens is 368 g/mol. The molecule has 0 nitrogen and oxygen atoms in total. The van der Waals surface area contributed by atoms with Crippen molar-refractivity contribution in [1.82, 2.24) is 0 Å². The van der Waals surface area contributed by atoms with Gasteiger partial charge < -0.3 is 0 Å². The molecule has 0 spiro atoms. The van der Waals surface area contributed by atoms with Crippen LogP contribution in [0.25, 0.3) is 0 Å². The Morgan fingerprint density at radius 3 is 1.86 bits per heavy atom. The summed E-state index contributed by atoms with van der Waals surface area (Å²) in [7, 11) is -1.36. The highest BCUT2D eigenvalue weighted by Gasteiger charge is 2.39. The highest BCUT2D eigenvalue weighted by atomic mass is 28.3. The summed E-state index contributed by atoms with van der Waals surface area (Å²) < 4.78 is 0. The normalized spacial score (nSPS) is 15.0. The zero-order chi connectivity index (χ0) is 18.8. The van der Waals surface area contributed by atoms with Crippen molar-refractivity contribution in [3.63, 3.8) is 0 Å². The molecule has 1 aliphatic rings. The van der Waals surface area contributed by atoms with E-state index in [1.807, 2.05) is 0 Å². The minimum atomic E-state index is -2.18. The van der Waals surface area contributed by atoms with Gasteiger partial charge in [0.25, 0.3) is 0 Å². The molecule has 0 fully saturated rings. The number of hydrogen-bond donors (Lipinski definition) is 0. The van der Waals surface area contributed by atoms with Crippen molar-refractivity contribution < 1.29 is 0 Å². The van der Waals surface area contributed by atoms with E-state index in [0.717, 1.165) is 21.6 Å². The quantitative estimate of drug-likeness (QED) is 0.462. The lowest BCUT2D eigenvalue weighted by atomic mass is 10.2. The van der Waals surface area contributed by atoms with Gasteiger partial charge in [0.2, 0.25) is 0 Å². The molecule has 0 aromatic heterocycles. The van der Waals surface area contributed by atoms with Crippen molar-refractivity contribution in [2.45, 2.75) is 12.1 Å². The van der Waals surface area contributed by atoms with Crippen LogP contribution < -0.4 is 20.7 Å². The first kappa shape index (κ1) is 17.4. The smallest absolute Gasteiger partial charge is 0.0640 e. The van der Waals surface area contributed by atoms with E-state index < -0.39 is 8.07 Å². The van der Waals surface area contributed by atoms with Crippen molar-refractivity contribution >= 4 is 38.3 Å². The molecule has 28 heavy (non-hydrogen) atoms. The lowest BCUT2D eigenvalue weighted by Crippen LogP contribution is -2.69. The Kier molecular flexibility index (Phi) is 4.59. The van der Waals surface area contributed by atoms with E-state index in [9.17, 15) is 0 Å². The number of fused-ring (bicyclic) bond motifs is 4. The van der Waals surface area contributed by atoms with Gasteiger partial charge in [0.1, 0.15) is 0 Å². The van der Waals surface area contributed by atoms with Crippen molar-refractivity contribution in [3.8, 4) is 0 Å². The van der Waals surface area contributed by atoms with Crippen LogP contribution in [0.2, 0.25) is 0 Å². The van der Waals surface area contributed by atoms with Crippen molar-refractivity contribution in [2.75, 3.05) is 0 Å². The summed E-state index contributed by atoms with van der Waals surface area (Å²) in [5.41, 5.74) is 2.93. The fourth-order valence-corrected chi connectivity index (χ4v) is 10.5. The molecule has 2 heteroatoms. The lowest BCUT2D eigenvalue weighted by molar-refractivity contribution is 1.28. The third-order valence-electron chi connectivity index (χ3n) is 5.85. The topological polar surface area (TPSA) is 0 Å². The summed E-state index contributed by atoms with van der Waals surface area (Å²) in [6, 6.07) is 43.5. The molecule has 0 saturated heterocycles. The van der Waals surface area contributed by atoms with Gasteiger partial charge in [-0.15, -0.1) is 0 Å². The summed E-state index contributed by atoms with van der Waals surface area (Å²) in [6.07, 6.45) is 0. The molecule has 134 valence electrons. The van der Waals surface area contributed by atoms with Crippen LogP contribution in [0.15, 0.2) is 109 Å². The maximum Gasteiger partial charge on any atom is 0.152 e. The lowest BCUT2D eigenvalue weighted by Gasteiger charge is -2.35. The van der Waals surface area contributed by atoms with Crippen LogP contribution in [0.3, 0.4) is 0 Å². The molecule has 5 rings (SSSR count). The summed E-state index contributed by atoms with van der Waals surface area (Å²) in [4.78, 5) is 0. The van der Waals surface area contributed by atoms with Gasteiger partial charge in [-0.05, 0) is 33.2 Å². The van der Waals surface area contributed by atoms with Gasteiger partial charge in [-0.2, -0.15) is 0 Å². The summed E-state index contributed by atoms with van der Waals surface area (Å²) >= 11 is 0. The predicted molar refractivity (Wildman–Crippen MR) is 123 cm³/mol. The molecule has 1 heterocycles. The molecule has 4 aromatic carbocycles. The molecule has 4 bridgehead atoms. The maximum atomic E-state index is 2.51. The van der Waals surface area contributed by atoms with E-state index >= 15 is 0 Å². The maximum absolute atomic E-state index is 2.51. The second kappa shape index (κ2) is 7.38. The zero-order valence-electron chi connectivity index (χ0n) is 15.8. The predicted octanol–water partition coefficient (Wildman–Crippen LogP) is 2.78. The van der Waals surface area contributed by atoms with Crippen LogP contribution in [0.1, 0.15) is 11.1 Å². The molecule has 0 saturated carbocycles. The Hall–Kier alpha value is -2.69. The van der Waals surface area contributed by atoms with E-state index in [1.165, 1.54) is 31.9 Å². The van der Waals surface area contributed by atoms with Gasteiger partial charge in [0.05, 0.1) is 9.52 Å². The van der Waals surface area contributed by atoms with Crippen LogP contribution in [-0.2, 0) is 12.1 Å². The number of benzene rings is 4. The zero-order valence-corrected chi connectivity index (χ0v) is 17.8. The average molecular weight is 391 g/mol. The van der Waals surface area contributed by atoms with Crippen LogP contribution in [0.5, 0.6) is 0 Å². The van der Waals surface area contributed by atoms with Crippen molar-refractivity contribution in [3.05, 3.63) is 120 Å². The molecule has 0 atom stereocenters. The SMILES string of the molecule is c1ccc([Si]2(c3ccccc3)Cc3cccc(c3)C[Si]c3cccc2c3)cc1. The van der Waals surface area contributed by atoms with Crippen LogP contribution in [0.4, 0.5) is 0 Å². The molecule has 2 radical (unpaired) electrons. The van der Waals surface area contributed by atoms with Crippen LogP contribution >= 0.6 is 0 Å².